The Morgan fingerprint density at radius 3 is 2.85 bits per heavy atom. The number of hydrogen-bond acceptors (Lipinski definition) is 6. The first-order chi connectivity index (χ1) is 16.0. The summed E-state index contributed by atoms with van der Waals surface area (Å²) in [6.45, 7) is 0. The number of nitrogens with zero attached hydrogens (tertiary/aromatic N) is 1. The number of aromatic nitrogens is 1. The molecule has 4 atom stereocenters. The molecule has 5 N–H and O–H groups in total. The van der Waals surface area contributed by atoms with E-state index in [1.807, 2.05) is 36.4 Å². The minimum Gasteiger partial charge on any atom is -0.387 e. The fourth-order valence-corrected chi connectivity index (χ4v) is 6.03. The van der Waals surface area contributed by atoms with Gasteiger partial charge in [0.05, 0.1) is 17.7 Å². The van der Waals surface area contributed by atoms with E-state index < -0.39 is 6.10 Å². The zero-order valence-electron chi connectivity index (χ0n) is 18.1. The van der Waals surface area contributed by atoms with Crippen LogP contribution < -0.4 is 16.4 Å². The minimum absolute atomic E-state index is 0.0167. The van der Waals surface area contributed by atoms with Gasteiger partial charge in [-0.2, -0.15) is 0 Å². The van der Waals surface area contributed by atoms with Gasteiger partial charge >= 0.3 is 0 Å². The van der Waals surface area contributed by atoms with Crippen molar-refractivity contribution in [1.82, 2.24) is 10.3 Å². The summed E-state index contributed by atoms with van der Waals surface area (Å²) in [5.41, 5.74) is 9.46. The van der Waals surface area contributed by atoms with Crippen molar-refractivity contribution in [2.45, 2.75) is 56.2 Å². The molecule has 172 valence electrons. The van der Waals surface area contributed by atoms with E-state index in [9.17, 15) is 9.90 Å². The van der Waals surface area contributed by atoms with E-state index in [2.05, 4.69) is 27.8 Å². The van der Waals surface area contributed by atoms with Gasteiger partial charge in [-0.05, 0) is 67.5 Å². The zero-order valence-corrected chi connectivity index (χ0v) is 19.7. The molecule has 33 heavy (non-hydrogen) atoms. The number of hydrogen-bond donors (Lipinski definition) is 4. The van der Waals surface area contributed by atoms with Gasteiger partial charge in [-0.25, -0.2) is 4.98 Å². The van der Waals surface area contributed by atoms with E-state index in [4.69, 9.17) is 17.3 Å². The summed E-state index contributed by atoms with van der Waals surface area (Å²) >= 11 is 7.55. The molecular formula is C25H27ClN4O2S. The van der Waals surface area contributed by atoms with Crippen LogP contribution in [-0.4, -0.2) is 28.1 Å². The van der Waals surface area contributed by atoms with Crippen LogP contribution in [0, 0.1) is 0 Å². The molecule has 0 bridgehead atoms. The van der Waals surface area contributed by atoms with Gasteiger partial charge in [0, 0.05) is 27.7 Å². The summed E-state index contributed by atoms with van der Waals surface area (Å²) < 4.78 is 0. The molecule has 1 aliphatic carbocycles. The predicted molar refractivity (Wildman–Crippen MR) is 133 cm³/mol. The van der Waals surface area contributed by atoms with Crippen LogP contribution in [0.2, 0.25) is 5.02 Å². The molecule has 1 aliphatic heterocycles. The molecule has 2 aromatic carbocycles. The monoisotopic (exact) mass is 482 g/mol. The second kappa shape index (κ2) is 9.43. The van der Waals surface area contributed by atoms with Crippen LogP contribution in [-0.2, 0) is 17.6 Å². The van der Waals surface area contributed by atoms with E-state index >= 15 is 0 Å². The number of nitrogens with two attached hydrogens (primary N) is 1. The zero-order chi connectivity index (χ0) is 22.9. The number of carbonyl (C=O) groups is 1. The van der Waals surface area contributed by atoms with E-state index in [1.54, 1.807) is 0 Å². The third kappa shape index (κ3) is 4.92. The van der Waals surface area contributed by atoms with Gasteiger partial charge in [0.25, 0.3) is 0 Å². The normalized spacial score (nSPS) is 22.8. The molecular weight excluding hydrogens is 456 g/mol. The largest absolute Gasteiger partial charge is 0.387 e. The number of aliphatic hydroxyl groups excluding tert-OH is 1. The summed E-state index contributed by atoms with van der Waals surface area (Å²) in [5.74, 6) is -0.249. The van der Waals surface area contributed by atoms with Gasteiger partial charge < -0.3 is 21.5 Å². The highest BCUT2D eigenvalue weighted by molar-refractivity contribution is 7.15. The second-order valence-electron chi connectivity index (χ2n) is 8.89. The second-order valence-corrected chi connectivity index (χ2v) is 10.4. The first kappa shape index (κ1) is 22.3. The minimum atomic E-state index is -0.574. The first-order valence-corrected chi connectivity index (χ1v) is 12.5. The Kier molecular flexibility index (Phi) is 6.38. The Balaban J connectivity index is 1.15. The van der Waals surface area contributed by atoms with E-state index in [-0.39, 0.29) is 17.9 Å². The van der Waals surface area contributed by atoms with Crippen molar-refractivity contribution < 1.29 is 9.90 Å². The van der Waals surface area contributed by atoms with Crippen LogP contribution in [0.4, 0.5) is 10.8 Å². The number of carbonyl (C=O) groups excluding carboxylic acids is 1. The van der Waals surface area contributed by atoms with Gasteiger partial charge in [-0.1, -0.05) is 35.9 Å². The maximum atomic E-state index is 12.8. The van der Waals surface area contributed by atoms with Crippen molar-refractivity contribution in [2.75, 3.05) is 11.1 Å². The Morgan fingerprint density at radius 2 is 2.06 bits per heavy atom. The van der Waals surface area contributed by atoms with Crippen molar-refractivity contribution in [3.8, 4) is 0 Å². The summed E-state index contributed by atoms with van der Waals surface area (Å²) in [7, 11) is 0. The smallest absolute Gasteiger partial charge is 0.233 e. The van der Waals surface area contributed by atoms with Crippen LogP contribution >= 0.6 is 22.9 Å². The predicted octanol–water partition coefficient (Wildman–Crippen LogP) is 4.44. The van der Waals surface area contributed by atoms with E-state index in [1.165, 1.54) is 16.9 Å². The number of anilines is 2. The lowest BCUT2D eigenvalue weighted by Gasteiger charge is -2.21. The number of nitrogen functional groups attached to an aromatic ring is 1. The van der Waals surface area contributed by atoms with E-state index in [0.717, 1.165) is 53.9 Å². The number of amides is 1. The number of fused-ring (bicyclic) bond motifs is 1. The highest BCUT2D eigenvalue weighted by atomic mass is 35.5. The molecule has 0 spiro atoms. The van der Waals surface area contributed by atoms with Crippen molar-refractivity contribution in [3.05, 3.63) is 75.3 Å². The lowest BCUT2D eigenvalue weighted by Crippen LogP contribution is -2.35. The molecule has 5 rings (SSSR count). The van der Waals surface area contributed by atoms with Crippen LogP contribution in [0.3, 0.4) is 0 Å². The Morgan fingerprint density at radius 1 is 1.24 bits per heavy atom. The third-order valence-corrected chi connectivity index (χ3v) is 7.80. The number of aliphatic hydroxyl groups is 1. The maximum absolute atomic E-state index is 12.8. The van der Waals surface area contributed by atoms with Crippen LogP contribution in [0.5, 0.6) is 0 Å². The van der Waals surface area contributed by atoms with Crippen molar-refractivity contribution in [2.24, 2.45) is 0 Å². The summed E-state index contributed by atoms with van der Waals surface area (Å²) in [6.07, 6.45) is 3.86. The standard InChI is InChI=1S/C25H27ClN4O2S/c26-16-3-1-2-15(13-16)23(31)20-10-8-18(28-20)12-14-4-6-17(7-5-14)29-24(32)19-9-11-21-22(19)30-25(27)33-21/h1-7,13,18-20,23,28,31H,8-12H2,(H2,27,30)(H,29,32)/t18-,19+,20+,23+/m0/s1. The molecule has 2 heterocycles. The average molecular weight is 483 g/mol. The highest BCUT2D eigenvalue weighted by Crippen LogP contribution is 2.38. The molecule has 0 unspecified atom stereocenters. The Hall–Kier alpha value is -2.45. The third-order valence-electron chi connectivity index (χ3n) is 6.60. The van der Waals surface area contributed by atoms with Crippen LogP contribution in [0.25, 0.3) is 0 Å². The van der Waals surface area contributed by atoms with Gasteiger partial charge in [0.1, 0.15) is 0 Å². The molecule has 8 heteroatoms. The fraction of sp³-hybridized carbons (Fsp3) is 0.360. The number of aryl methyl sites for hydroxylation is 1. The Labute approximate surface area is 202 Å². The average Bonchev–Trinajstić information content (AvgIpc) is 3.50. The molecule has 0 radical (unpaired) electrons. The molecule has 1 amide bonds. The maximum Gasteiger partial charge on any atom is 0.233 e. The first-order valence-electron chi connectivity index (χ1n) is 11.3. The number of rotatable bonds is 6. The molecule has 1 fully saturated rings. The summed E-state index contributed by atoms with van der Waals surface area (Å²) in [4.78, 5) is 18.2. The number of thiazole rings is 1. The summed E-state index contributed by atoms with van der Waals surface area (Å²) in [6, 6.07) is 15.7. The molecule has 0 saturated carbocycles. The molecule has 1 aromatic heterocycles. The van der Waals surface area contributed by atoms with Crippen molar-refractivity contribution in [1.29, 1.82) is 0 Å². The van der Waals surface area contributed by atoms with Crippen molar-refractivity contribution >= 4 is 39.7 Å². The molecule has 2 aliphatic rings. The molecule has 6 nitrogen and oxygen atoms in total. The van der Waals surface area contributed by atoms with Crippen molar-refractivity contribution in [3.63, 3.8) is 0 Å². The van der Waals surface area contributed by atoms with Gasteiger partial charge in [-0.15, -0.1) is 11.3 Å². The van der Waals surface area contributed by atoms with Gasteiger partial charge in [-0.3, -0.25) is 4.79 Å². The van der Waals surface area contributed by atoms with Crippen LogP contribution in [0.15, 0.2) is 48.5 Å². The Bertz CT molecular complexity index is 1150. The lowest BCUT2D eigenvalue weighted by atomic mass is 10.0. The fourth-order valence-electron chi connectivity index (χ4n) is 4.92. The van der Waals surface area contributed by atoms with Gasteiger partial charge in [0.15, 0.2) is 5.13 Å². The number of nitrogens with one attached hydrogen (secondary N) is 2. The SMILES string of the molecule is Nc1nc2c(s1)CC[C@H]2C(=O)Nc1ccc(C[C@@H]2CC[C@H]([C@H](O)c3cccc(Cl)c3)N2)cc1. The topological polar surface area (TPSA) is 100 Å². The van der Waals surface area contributed by atoms with E-state index in [0.29, 0.717) is 16.2 Å². The number of halogens is 1. The lowest BCUT2D eigenvalue weighted by molar-refractivity contribution is -0.117. The highest BCUT2D eigenvalue weighted by Gasteiger charge is 2.32. The molecule has 1 saturated heterocycles. The van der Waals surface area contributed by atoms with Crippen LogP contribution in [0.1, 0.15) is 53.0 Å². The number of benzene rings is 2. The summed E-state index contributed by atoms with van der Waals surface area (Å²) in [5, 5.41) is 18.5. The van der Waals surface area contributed by atoms with Gasteiger partial charge in [0.2, 0.25) is 5.91 Å². The molecule has 3 aromatic rings. The quantitative estimate of drug-likeness (QED) is 0.416.